The van der Waals surface area contributed by atoms with E-state index in [1.807, 2.05) is 36.4 Å². The Morgan fingerprint density at radius 2 is 1.68 bits per heavy atom. The minimum absolute atomic E-state index is 0.0392. The minimum atomic E-state index is -1.10. The lowest BCUT2D eigenvalue weighted by molar-refractivity contribution is -0.142. The number of nitrogens with one attached hydrogen (secondary N) is 2. The summed E-state index contributed by atoms with van der Waals surface area (Å²) in [5.41, 5.74) is 4.53. The normalized spacial score (nSPS) is 12.9. The first-order valence-electron chi connectivity index (χ1n) is 10.2. The van der Waals surface area contributed by atoms with Gasteiger partial charge in [0.15, 0.2) is 0 Å². The summed E-state index contributed by atoms with van der Waals surface area (Å²) in [6, 6.07) is 15.1. The molecule has 0 saturated carbocycles. The van der Waals surface area contributed by atoms with Crippen LogP contribution in [0, 0.1) is 0 Å². The Labute approximate surface area is 181 Å². The predicted molar refractivity (Wildman–Crippen MR) is 117 cm³/mol. The Balaban J connectivity index is 1.46. The number of ether oxygens (including phenoxy) is 1. The Kier molecular flexibility index (Phi) is 7.43. The Hall–Kier alpha value is -3.61. The van der Waals surface area contributed by atoms with Gasteiger partial charge in [0.2, 0.25) is 5.91 Å². The van der Waals surface area contributed by atoms with Crippen LogP contribution in [0.2, 0.25) is 0 Å². The van der Waals surface area contributed by atoms with Crippen LogP contribution in [-0.4, -0.2) is 42.3 Å². The highest BCUT2D eigenvalue weighted by molar-refractivity contribution is 5.84. The van der Waals surface area contributed by atoms with Crippen LogP contribution in [0.5, 0.6) is 0 Å². The van der Waals surface area contributed by atoms with Crippen molar-refractivity contribution >= 4 is 18.0 Å². The maximum atomic E-state index is 12.1. The van der Waals surface area contributed by atoms with Gasteiger partial charge < -0.3 is 20.5 Å². The molecule has 0 bridgehead atoms. The highest BCUT2D eigenvalue weighted by Crippen LogP contribution is 2.44. The number of hydrogen-bond acceptors (Lipinski definition) is 4. The predicted octanol–water partition coefficient (Wildman–Crippen LogP) is 3.45. The SMILES string of the molecule is C=CCCC(NC(=O)CCNC(=O)OCC1c2ccccc2-c2ccccc21)C(=O)O. The van der Waals surface area contributed by atoms with Gasteiger partial charge in [0.1, 0.15) is 12.6 Å². The Morgan fingerprint density at radius 1 is 1.06 bits per heavy atom. The van der Waals surface area contributed by atoms with Crippen LogP contribution < -0.4 is 10.6 Å². The van der Waals surface area contributed by atoms with E-state index < -0.39 is 24.0 Å². The fraction of sp³-hybridized carbons (Fsp3) is 0.292. The van der Waals surface area contributed by atoms with Crippen LogP contribution in [0.4, 0.5) is 4.79 Å². The summed E-state index contributed by atoms with van der Waals surface area (Å²) in [4.78, 5) is 35.2. The highest BCUT2D eigenvalue weighted by Gasteiger charge is 2.29. The summed E-state index contributed by atoms with van der Waals surface area (Å²) in [7, 11) is 0. The van der Waals surface area contributed by atoms with Crippen molar-refractivity contribution in [2.45, 2.75) is 31.2 Å². The van der Waals surface area contributed by atoms with Gasteiger partial charge >= 0.3 is 12.1 Å². The van der Waals surface area contributed by atoms with Crippen molar-refractivity contribution in [3.63, 3.8) is 0 Å². The Morgan fingerprint density at radius 3 is 2.26 bits per heavy atom. The summed E-state index contributed by atoms with van der Waals surface area (Å²) in [6.45, 7) is 3.79. The second-order valence-electron chi connectivity index (χ2n) is 7.33. The lowest BCUT2D eigenvalue weighted by atomic mass is 9.98. The van der Waals surface area contributed by atoms with Gasteiger partial charge in [0.25, 0.3) is 0 Å². The zero-order chi connectivity index (χ0) is 22.2. The van der Waals surface area contributed by atoms with Crippen molar-refractivity contribution in [1.82, 2.24) is 10.6 Å². The summed E-state index contributed by atoms with van der Waals surface area (Å²) in [5, 5.41) is 14.1. The molecule has 3 rings (SSSR count). The number of amides is 2. The van der Waals surface area contributed by atoms with Crippen molar-refractivity contribution in [1.29, 1.82) is 0 Å². The first kappa shape index (κ1) is 22.1. The Bertz CT molecular complexity index is 926. The number of fused-ring (bicyclic) bond motifs is 3. The van der Waals surface area contributed by atoms with Crippen molar-refractivity contribution in [2.75, 3.05) is 13.2 Å². The van der Waals surface area contributed by atoms with Crippen LogP contribution in [0.25, 0.3) is 11.1 Å². The molecule has 1 aliphatic carbocycles. The molecular formula is C24H26N2O5. The van der Waals surface area contributed by atoms with Crippen molar-refractivity contribution in [2.24, 2.45) is 0 Å². The van der Waals surface area contributed by atoms with Gasteiger partial charge in [0, 0.05) is 18.9 Å². The standard InChI is InChI=1S/C24H26N2O5/c1-2-3-12-21(23(28)29)26-22(27)13-14-25-24(30)31-15-20-18-10-6-4-8-16(18)17-9-5-7-11-19(17)20/h2,4-11,20-21H,1,3,12-15H2,(H,25,30)(H,26,27)(H,28,29). The minimum Gasteiger partial charge on any atom is -0.480 e. The lowest BCUT2D eigenvalue weighted by Gasteiger charge is -2.15. The topological polar surface area (TPSA) is 105 Å². The molecule has 162 valence electrons. The van der Waals surface area contributed by atoms with Crippen LogP contribution in [0.1, 0.15) is 36.3 Å². The molecule has 1 unspecified atom stereocenters. The van der Waals surface area contributed by atoms with E-state index in [1.54, 1.807) is 6.08 Å². The van der Waals surface area contributed by atoms with Gasteiger partial charge in [-0.3, -0.25) is 4.79 Å². The van der Waals surface area contributed by atoms with Crippen molar-refractivity contribution < 1.29 is 24.2 Å². The third-order valence-corrected chi connectivity index (χ3v) is 5.26. The molecule has 7 nitrogen and oxygen atoms in total. The number of carbonyl (C=O) groups is 3. The number of carboxylic acid groups (broad SMARTS) is 1. The fourth-order valence-corrected chi connectivity index (χ4v) is 3.74. The number of aliphatic carboxylic acids is 1. The molecule has 1 aliphatic rings. The number of carbonyl (C=O) groups excluding carboxylic acids is 2. The fourth-order valence-electron chi connectivity index (χ4n) is 3.74. The summed E-state index contributed by atoms with van der Waals surface area (Å²) in [5.74, 6) is -1.59. The molecule has 3 N–H and O–H groups in total. The van der Waals surface area contributed by atoms with E-state index >= 15 is 0 Å². The quantitative estimate of drug-likeness (QED) is 0.509. The van der Waals surface area contributed by atoms with Crippen LogP contribution in [-0.2, 0) is 14.3 Å². The van der Waals surface area contributed by atoms with Gasteiger partial charge in [0.05, 0.1) is 0 Å². The molecule has 0 aromatic heterocycles. The third-order valence-electron chi connectivity index (χ3n) is 5.26. The molecule has 2 aromatic carbocycles. The number of alkyl carbamates (subject to hydrolysis) is 1. The van der Waals surface area contributed by atoms with E-state index in [0.717, 1.165) is 22.3 Å². The maximum Gasteiger partial charge on any atom is 0.407 e. The highest BCUT2D eigenvalue weighted by atomic mass is 16.5. The molecule has 7 heteroatoms. The van der Waals surface area contributed by atoms with Crippen molar-refractivity contribution in [3.8, 4) is 11.1 Å². The number of hydrogen-bond donors (Lipinski definition) is 3. The summed E-state index contributed by atoms with van der Waals surface area (Å²) in [6.07, 6.45) is 1.69. The van der Waals surface area contributed by atoms with Gasteiger partial charge in [-0.15, -0.1) is 6.58 Å². The lowest BCUT2D eigenvalue weighted by Crippen LogP contribution is -2.42. The third kappa shape index (κ3) is 5.51. The van der Waals surface area contributed by atoms with E-state index in [9.17, 15) is 14.4 Å². The zero-order valence-electron chi connectivity index (χ0n) is 17.2. The first-order valence-corrected chi connectivity index (χ1v) is 10.2. The molecule has 0 radical (unpaired) electrons. The number of allylic oxidation sites excluding steroid dienone is 1. The smallest absolute Gasteiger partial charge is 0.407 e. The molecule has 0 aliphatic heterocycles. The average Bonchev–Trinajstić information content (AvgIpc) is 3.09. The maximum absolute atomic E-state index is 12.1. The summed E-state index contributed by atoms with van der Waals surface area (Å²) >= 11 is 0. The molecule has 1 atom stereocenters. The van der Waals surface area contributed by atoms with E-state index in [1.165, 1.54) is 0 Å². The molecule has 0 spiro atoms. The van der Waals surface area contributed by atoms with Gasteiger partial charge in [-0.25, -0.2) is 9.59 Å². The van der Waals surface area contributed by atoms with E-state index in [-0.39, 0.29) is 31.9 Å². The molecule has 0 fully saturated rings. The van der Waals surface area contributed by atoms with E-state index in [2.05, 4.69) is 29.3 Å². The van der Waals surface area contributed by atoms with Gasteiger partial charge in [-0.05, 0) is 35.1 Å². The van der Waals surface area contributed by atoms with Crippen LogP contribution >= 0.6 is 0 Å². The largest absolute Gasteiger partial charge is 0.480 e. The molecule has 0 saturated heterocycles. The van der Waals surface area contributed by atoms with E-state index in [0.29, 0.717) is 6.42 Å². The van der Waals surface area contributed by atoms with E-state index in [4.69, 9.17) is 9.84 Å². The molecule has 31 heavy (non-hydrogen) atoms. The number of rotatable bonds is 10. The first-order chi connectivity index (χ1) is 15.0. The average molecular weight is 422 g/mol. The molecule has 0 heterocycles. The number of carboxylic acids is 1. The number of benzene rings is 2. The van der Waals surface area contributed by atoms with Crippen LogP contribution in [0.15, 0.2) is 61.2 Å². The van der Waals surface area contributed by atoms with Crippen LogP contribution in [0.3, 0.4) is 0 Å². The summed E-state index contributed by atoms with van der Waals surface area (Å²) < 4.78 is 5.41. The van der Waals surface area contributed by atoms with Gasteiger partial charge in [-0.1, -0.05) is 54.6 Å². The van der Waals surface area contributed by atoms with Gasteiger partial charge in [-0.2, -0.15) is 0 Å². The van der Waals surface area contributed by atoms with Crippen molar-refractivity contribution in [3.05, 3.63) is 72.3 Å². The molecule has 2 amide bonds. The second-order valence-corrected chi connectivity index (χ2v) is 7.33. The monoisotopic (exact) mass is 422 g/mol. The zero-order valence-corrected chi connectivity index (χ0v) is 17.2. The second kappa shape index (κ2) is 10.4. The molecule has 2 aromatic rings. The molecular weight excluding hydrogens is 396 g/mol.